The van der Waals surface area contributed by atoms with Crippen LogP contribution in [0.4, 0.5) is 10.5 Å². The Balaban J connectivity index is 1.43. The second-order valence-corrected chi connectivity index (χ2v) is 9.72. The van der Waals surface area contributed by atoms with Gasteiger partial charge in [-0.2, -0.15) is 4.31 Å². The van der Waals surface area contributed by atoms with Gasteiger partial charge >= 0.3 is 6.03 Å². The molecule has 1 N–H and O–H groups in total. The molecule has 166 valence electrons. The van der Waals surface area contributed by atoms with Gasteiger partial charge in [-0.3, -0.25) is 0 Å². The molecule has 2 aliphatic rings. The molecule has 31 heavy (non-hydrogen) atoms. The number of hydrogen-bond donors (Lipinski definition) is 1. The molecule has 2 fully saturated rings. The van der Waals surface area contributed by atoms with Gasteiger partial charge in [-0.25, -0.2) is 13.2 Å². The number of aryl methyl sites for hydroxylation is 1. The van der Waals surface area contributed by atoms with E-state index >= 15 is 0 Å². The second-order valence-electron chi connectivity index (χ2n) is 7.78. The van der Waals surface area contributed by atoms with Crippen LogP contribution in [0.5, 0.6) is 5.75 Å². The van der Waals surface area contributed by atoms with Crippen LogP contribution in [-0.4, -0.2) is 68.6 Å². The van der Waals surface area contributed by atoms with E-state index in [2.05, 4.69) is 5.32 Å². The summed E-state index contributed by atoms with van der Waals surface area (Å²) in [5.74, 6) is 0.613. The van der Waals surface area contributed by atoms with Crippen molar-refractivity contribution >= 4 is 21.7 Å². The number of morpholine rings is 2. The molecule has 0 aliphatic carbocycles. The summed E-state index contributed by atoms with van der Waals surface area (Å²) in [6.45, 7) is 5.37. The summed E-state index contributed by atoms with van der Waals surface area (Å²) < 4.78 is 39.1. The summed E-state index contributed by atoms with van der Waals surface area (Å²) >= 11 is 0. The van der Waals surface area contributed by atoms with Gasteiger partial charge in [-0.05, 0) is 38.1 Å². The second kappa shape index (κ2) is 8.86. The normalized spacial score (nSPS) is 21.5. The number of para-hydroxylation sites is 2. The Morgan fingerprint density at radius 2 is 1.71 bits per heavy atom. The molecule has 0 aromatic heterocycles. The molecular formula is C22H27N3O5S. The lowest BCUT2D eigenvalue weighted by Crippen LogP contribution is -2.61. The largest absolute Gasteiger partial charge is 0.492 e. The third-order valence-electron chi connectivity index (χ3n) is 5.42. The average molecular weight is 446 g/mol. The predicted molar refractivity (Wildman–Crippen MR) is 117 cm³/mol. The first-order chi connectivity index (χ1) is 14.9. The smallest absolute Gasteiger partial charge is 0.322 e. The zero-order chi connectivity index (χ0) is 22.0. The van der Waals surface area contributed by atoms with Crippen molar-refractivity contribution < 1.29 is 22.7 Å². The number of anilines is 1. The van der Waals surface area contributed by atoms with Crippen molar-refractivity contribution in [1.82, 2.24) is 9.21 Å². The van der Waals surface area contributed by atoms with Crippen LogP contribution in [0.25, 0.3) is 0 Å². The van der Waals surface area contributed by atoms with Gasteiger partial charge in [0.1, 0.15) is 5.75 Å². The quantitative estimate of drug-likeness (QED) is 0.765. The summed E-state index contributed by atoms with van der Waals surface area (Å²) in [6.07, 6.45) is -0.749. The van der Waals surface area contributed by atoms with Crippen LogP contribution in [0.15, 0.2) is 53.4 Å². The number of nitrogens with one attached hydrogen (secondary N) is 1. The monoisotopic (exact) mass is 445 g/mol. The summed E-state index contributed by atoms with van der Waals surface area (Å²) in [4.78, 5) is 14.8. The molecule has 4 rings (SSSR count). The lowest BCUT2D eigenvalue weighted by molar-refractivity contribution is -0.110. The summed E-state index contributed by atoms with van der Waals surface area (Å²) in [5, 5.41) is 2.90. The lowest BCUT2D eigenvalue weighted by atomic mass is 10.1. The van der Waals surface area contributed by atoms with E-state index in [9.17, 15) is 13.2 Å². The zero-order valence-electron chi connectivity index (χ0n) is 17.7. The molecule has 0 radical (unpaired) electrons. The van der Waals surface area contributed by atoms with Crippen LogP contribution in [-0.2, 0) is 14.8 Å². The molecule has 2 saturated heterocycles. The highest BCUT2D eigenvalue weighted by molar-refractivity contribution is 7.89. The summed E-state index contributed by atoms with van der Waals surface area (Å²) in [7, 11) is -3.60. The van der Waals surface area contributed by atoms with Gasteiger partial charge in [0.05, 0.1) is 42.5 Å². The molecule has 0 spiro atoms. The lowest BCUT2D eigenvalue weighted by Gasteiger charge is -2.45. The molecule has 0 unspecified atom stereocenters. The summed E-state index contributed by atoms with van der Waals surface area (Å²) in [6, 6.07) is 13.9. The van der Waals surface area contributed by atoms with Crippen molar-refractivity contribution in [3.8, 4) is 5.75 Å². The van der Waals surface area contributed by atoms with Crippen molar-refractivity contribution in [1.29, 1.82) is 0 Å². The number of sulfonamides is 1. The minimum absolute atomic E-state index is 0.214. The van der Waals surface area contributed by atoms with Gasteiger partial charge in [-0.15, -0.1) is 0 Å². The Morgan fingerprint density at radius 3 is 2.35 bits per heavy atom. The number of ether oxygens (including phenoxy) is 2. The zero-order valence-corrected chi connectivity index (χ0v) is 18.5. The molecule has 9 heteroatoms. The van der Waals surface area contributed by atoms with Crippen LogP contribution in [0.3, 0.4) is 0 Å². The van der Waals surface area contributed by atoms with E-state index in [0.717, 1.165) is 5.56 Å². The van der Waals surface area contributed by atoms with Crippen molar-refractivity contribution in [3.05, 3.63) is 54.1 Å². The van der Waals surface area contributed by atoms with E-state index < -0.39 is 10.0 Å². The molecule has 0 saturated carbocycles. The van der Waals surface area contributed by atoms with Gasteiger partial charge in [0, 0.05) is 13.1 Å². The van der Waals surface area contributed by atoms with E-state index in [1.165, 1.54) is 4.31 Å². The van der Waals surface area contributed by atoms with Crippen LogP contribution < -0.4 is 10.1 Å². The first kappa shape index (κ1) is 21.6. The van der Waals surface area contributed by atoms with Crippen molar-refractivity contribution in [2.45, 2.75) is 31.0 Å². The Morgan fingerprint density at radius 1 is 1.06 bits per heavy atom. The van der Waals surface area contributed by atoms with Gasteiger partial charge in [-0.1, -0.05) is 29.8 Å². The maximum atomic E-state index is 13.0. The molecule has 2 atom stereocenters. The maximum absolute atomic E-state index is 13.0. The topological polar surface area (TPSA) is 88.2 Å². The molecule has 2 heterocycles. The van der Waals surface area contributed by atoms with E-state index in [4.69, 9.17) is 9.47 Å². The predicted octanol–water partition coefficient (Wildman–Crippen LogP) is 2.70. The molecule has 2 aromatic carbocycles. The number of rotatable bonds is 5. The standard InChI is InChI=1S/C22H27N3O5S/c1-3-29-21-7-5-4-6-20(21)23-22(26)24-12-17-14-25(15-18(13-24)30-17)31(27,28)19-10-8-16(2)9-11-19/h4-11,17-18H,3,12-15H2,1-2H3,(H,23,26)/t17-,18+. The third kappa shape index (κ3) is 4.68. The van der Waals surface area contributed by atoms with E-state index in [1.807, 2.05) is 26.0 Å². The van der Waals surface area contributed by atoms with Gasteiger partial charge in [0.2, 0.25) is 10.0 Å². The van der Waals surface area contributed by atoms with E-state index in [1.54, 1.807) is 41.3 Å². The number of fused-ring (bicyclic) bond motifs is 2. The highest BCUT2D eigenvalue weighted by atomic mass is 32.2. The van der Waals surface area contributed by atoms with Gasteiger partial charge < -0.3 is 19.7 Å². The van der Waals surface area contributed by atoms with Gasteiger partial charge in [0.25, 0.3) is 0 Å². The average Bonchev–Trinajstić information content (AvgIpc) is 2.75. The number of amides is 2. The number of nitrogens with zero attached hydrogens (tertiary/aromatic N) is 2. The fourth-order valence-electron chi connectivity index (χ4n) is 3.92. The highest BCUT2D eigenvalue weighted by Gasteiger charge is 2.41. The van der Waals surface area contributed by atoms with Gasteiger partial charge in [0.15, 0.2) is 0 Å². The maximum Gasteiger partial charge on any atom is 0.322 e. The van der Waals surface area contributed by atoms with E-state index in [0.29, 0.717) is 31.1 Å². The van der Waals surface area contributed by atoms with Crippen LogP contribution >= 0.6 is 0 Å². The highest BCUT2D eigenvalue weighted by Crippen LogP contribution is 2.27. The van der Waals surface area contributed by atoms with Crippen molar-refractivity contribution in [2.24, 2.45) is 0 Å². The molecule has 2 aromatic rings. The van der Waals surface area contributed by atoms with Crippen LogP contribution in [0.2, 0.25) is 0 Å². The SMILES string of the molecule is CCOc1ccccc1NC(=O)N1C[C@@H]2CN(S(=O)(=O)c3ccc(C)cc3)C[C@H](C1)O2. The van der Waals surface area contributed by atoms with Crippen molar-refractivity contribution in [2.75, 3.05) is 38.1 Å². The first-order valence-corrected chi connectivity index (χ1v) is 11.8. The Hall–Kier alpha value is -2.62. The Bertz CT molecular complexity index is 1030. The molecule has 8 nitrogen and oxygen atoms in total. The number of carbonyl (C=O) groups is 1. The molecular weight excluding hydrogens is 418 g/mol. The van der Waals surface area contributed by atoms with Crippen LogP contribution in [0, 0.1) is 6.92 Å². The third-order valence-corrected chi connectivity index (χ3v) is 7.27. The van der Waals surface area contributed by atoms with E-state index in [-0.39, 0.29) is 36.2 Å². The number of hydrogen-bond acceptors (Lipinski definition) is 5. The Labute approximate surface area is 182 Å². The first-order valence-electron chi connectivity index (χ1n) is 10.4. The summed E-state index contributed by atoms with van der Waals surface area (Å²) in [5.41, 5.74) is 1.61. The molecule has 2 amide bonds. The minimum Gasteiger partial charge on any atom is -0.492 e. The fourth-order valence-corrected chi connectivity index (χ4v) is 5.42. The van der Waals surface area contributed by atoms with Crippen LogP contribution in [0.1, 0.15) is 12.5 Å². The molecule has 2 aliphatic heterocycles. The fraction of sp³-hybridized carbons (Fsp3) is 0.409. The molecule has 2 bridgehead atoms. The minimum atomic E-state index is -3.60. The number of urea groups is 1. The van der Waals surface area contributed by atoms with Crippen molar-refractivity contribution in [3.63, 3.8) is 0 Å². The number of carbonyl (C=O) groups excluding carboxylic acids is 1. The Kier molecular flexibility index (Phi) is 6.17. The number of benzene rings is 2.